The molecular formula is C44H62O8. The molecule has 0 radical (unpaired) electrons. The molecule has 286 valence electrons. The zero-order valence-electron chi connectivity index (χ0n) is 32.9. The molecule has 0 saturated carbocycles. The lowest BCUT2D eigenvalue weighted by atomic mass is 10.0. The Balaban J connectivity index is 2.08. The Bertz CT molecular complexity index is 1380. The van der Waals surface area contributed by atoms with Gasteiger partial charge in [0.15, 0.2) is 0 Å². The van der Waals surface area contributed by atoms with Crippen LogP contribution in [0.3, 0.4) is 0 Å². The van der Waals surface area contributed by atoms with E-state index >= 15 is 0 Å². The lowest BCUT2D eigenvalue weighted by Crippen LogP contribution is -2.03. The van der Waals surface area contributed by atoms with Crippen LogP contribution in [0.25, 0.3) is 24.3 Å². The highest BCUT2D eigenvalue weighted by molar-refractivity contribution is 5.83. The summed E-state index contributed by atoms with van der Waals surface area (Å²) in [5.74, 6) is 5.40. The predicted octanol–water partition coefficient (Wildman–Crippen LogP) is 11.6. The van der Waals surface area contributed by atoms with Crippen LogP contribution in [0, 0.1) is 0 Å². The molecule has 8 nitrogen and oxygen atoms in total. The third kappa shape index (κ3) is 12.9. The number of hydrogen-bond donors (Lipinski definition) is 0. The second-order valence-corrected chi connectivity index (χ2v) is 12.7. The van der Waals surface area contributed by atoms with E-state index in [4.69, 9.17) is 37.9 Å². The standard InChI is InChI=1S/C44H62O8/c1-9-11-13-15-17-19-25-51-39-27-34(22-24-38-43(49-7)31-36(46-4)32-44(38)50-8)40(52-26-20-18-16-14-12-10-2)28-33(39)21-23-37-41(47-5)29-35(45-3)30-42(37)48-6/h21-24,27-32H,9-20,25-26H2,1-8H3/b23-21+,24-22+. The van der Waals surface area contributed by atoms with Gasteiger partial charge in [0.05, 0.1) is 67.0 Å². The average molecular weight is 719 g/mol. The Morgan fingerprint density at radius 1 is 0.365 bits per heavy atom. The van der Waals surface area contributed by atoms with Crippen molar-refractivity contribution in [3.63, 3.8) is 0 Å². The van der Waals surface area contributed by atoms with Gasteiger partial charge < -0.3 is 37.9 Å². The molecule has 0 heterocycles. The molecule has 0 fully saturated rings. The SMILES string of the molecule is CCCCCCCCOc1cc(/C=C/c2c(OC)cc(OC)cc2OC)c(OCCCCCCCC)cc1/C=C/c1c(OC)cc(OC)cc1OC. The van der Waals surface area contributed by atoms with Crippen LogP contribution < -0.4 is 37.9 Å². The fourth-order valence-electron chi connectivity index (χ4n) is 5.97. The minimum absolute atomic E-state index is 0.614. The summed E-state index contributed by atoms with van der Waals surface area (Å²) in [6.07, 6.45) is 22.2. The van der Waals surface area contributed by atoms with Gasteiger partial charge in [-0.1, -0.05) is 90.2 Å². The van der Waals surface area contributed by atoms with Crippen molar-refractivity contribution in [3.8, 4) is 46.0 Å². The maximum atomic E-state index is 6.54. The zero-order valence-corrected chi connectivity index (χ0v) is 32.9. The van der Waals surface area contributed by atoms with Gasteiger partial charge in [-0.3, -0.25) is 0 Å². The minimum atomic E-state index is 0.614. The molecule has 8 heteroatoms. The molecule has 0 N–H and O–H groups in total. The molecule has 0 aliphatic rings. The van der Waals surface area contributed by atoms with Crippen LogP contribution in [0.5, 0.6) is 46.0 Å². The predicted molar refractivity (Wildman–Crippen MR) is 214 cm³/mol. The van der Waals surface area contributed by atoms with E-state index in [2.05, 4.69) is 26.0 Å². The van der Waals surface area contributed by atoms with Crippen LogP contribution in [-0.2, 0) is 0 Å². The van der Waals surface area contributed by atoms with E-state index in [0.29, 0.717) is 47.7 Å². The Labute approximate surface area is 313 Å². The molecule has 0 aliphatic carbocycles. The first-order chi connectivity index (χ1) is 25.5. The van der Waals surface area contributed by atoms with E-state index in [1.54, 1.807) is 42.7 Å². The van der Waals surface area contributed by atoms with E-state index in [0.717, 1.165) is 59.4 Å². The molecule has 0 bridgehead atoms. The molecule has 3 rings (SSSR count). The Kier molecular flexibility index (Phi) is 19.3. The minimum Gasteiger partial charge on any atom is -0.496 e. The number of hydrogen-bond acceptors (Lipinski definition) is 8. The monoisotopic (exact) mass is 718 g/mol. The molecule has 0 aliphatic heterocycles. The van der Waals surface area contributed by atoms with Crippen molar-refractivity contribution in [2.24, 2.45) is 0 Å². The van der Waals surface area contributed by atoms with Crippen molar-refractivity contribution in [3.05, 3.63) is 58.7 Å². The Hall–Kier alpha value is -4.46. The molecule has 3 aromatic carbocycles. The van der Waals surface area contributed by atoms with Gasteiger partial charge in [-0.25, -0.2) is 0 Å². The first kappa shape index (κ1) is 42.0. The van der Waals surface area contributed by atoms with Gasteiger partial charge in [-0.2, -0.15) is 0 Å². The summed E-state index contributed by atoms with van der Waals surface area (Å²) >= 11 is 0. The maximum Gasteiger partial charge on any atom is 0.133 e. The van der Waals surface area contributed by atoms with Gasteiger partial charge in [0.1, 0.15) is 46.0 Å². The fourth-order valence-corrected chi connectivity index (χ4v) is 5.97. The first-order valence-electron chi connectivity index (χ1n) is 18.9. The molecule has 0 amide bonds. The molecule has 0 unspecified atom stereocenters. The second-order valence-electron chi connectivity index (χ2n) is 12.7. The van der Waals surface area contributed by atoms with Crippen LogP contribution in [0.15, 0.2) is 36.4 Å². The third-order valence-corrected chi connectivity index (χ3v) is 9.02. The van der Waals surface area contributed by atoms with Crippen LogP contribution >= 0.6 is 0 Å². The van der Waals surface area contributed by atoms with E-state index < -0.39 is 0 Å². The van der Waals surface area contributed by atoms with E-state index in [1.807, 2.05) is 48.6 Å². The highest BCUT2D eigenvalue weighted by Gasteiger charge is 2.15. The van der Waals surface area contributed by atoms with Gasteiger partial charge in [-0.15, -0.1) is 0 Å². The maximum absolute atomic E-state index is 6.54. The summed E-state index contributed by atoms with van der Waals surface area (Å²) in [7, 11) is 9.82. The highest BCUT2D eigenvalue weighted by Crippen LogP contribution is 2.39. The van der Waals surface area contributed by atoms with Crippen LogP contribution in [0.2, 0.25) is 0 Å². The molecule has 0 aromatic heterocycles. The second kappa shape index (κ2) is 23.9. The zero-order chi connectivity index (χ0) is 37.6. The fraction of sp³-hybridized carbons (Fsp3) is 0.500. The quantitative estimate of drug-likeness (QED) is 0.0600. The van der Waals surface area contributed by atoms with Crippen LogP contribution in [0.1, 0.15) is 113 Å². The smallest absolute Gasteiger partial charge is 0.133 e. The number of ether oxygens (including phenoxy) is 8. The van der Waals surface area contributed by atoms with Crippen molar-refractivity contribution in [1.29, 1.82) is 0 Å². The Morgan fingerprint density at radius 2 is 0.692 bits per heavy atom. The van der Waals surface area contributed by atoms with Crippen molar-refractivity contribution < 1.29 is 37.9 Å². The Morgan fingerprint density at radius 3 is 1.00 bits per heavy atom. The number of unbranched alkanes of at least 4 members (excludes halogenated alkanes) is 10. The third-order valence-electron chi connectivity index (χ3n) is 9.02. The summed E-state index contributed by atoms with van der Waals surface area (Å²) in [6, 6.07) is 11.5. The number of benzene rings is 3. The number of rotatable bonds is 26. The lowest BCUT2D eigenvalue weighted by molar-refractivity contribution is 0.295. The normalized spacial score (nSPS) is 11.2. The number of methoxy groups -OCH3 is 6. The summed E-state index contributed by atoms with van der Waals surface area (Å²) in [4.78, 5) is 0. The molecule has 3 aromatic rings. The van der Waals surface area contributed by atoms with Crippen molar-refractivity contribution >= 4 is 24.3 Å². The summed E-state index contributed by atoms with van der Waals surface area (Å²) < 4.78 is 47.0. The van der Waals surface area contributed by atoms with Crippen LogP contribution in [0.4, 0.5) is 0 Å². The van der Waals surface area contributed by atoms with Gasteiger partial charge in [0.2, 0.25) is 0 Å². The summed E-state index contributed by atoms with van der Waals surface area (Å²) in [5.41, 5.74) is 3.37. The molecule has 0 saturated heterocycles. The van der Waals surface area contributed by atoms with E-state index in [-0.39, 0.29) is 0 Å². The van der Waals surface area contributed by atoms with Gasteiger partial charge in [-0.05, 0) is 37.1 Å². The molecule has 52 heavy (non-hydrogen) atoms. The molecule has 0 spiro atoms. The largest absolute Gasteiger partial charge is 0.496 e. The van der Waals surface area contributed by atoms with E-state index in [9.17, 15) is 0 Å². The topological polar surface area (TPSA) is 73.8 Å². The first-order valence-corrected chi connectivity index (χ1v) is 18.9. The summed E-state index contributed by atoms with van der Waals surface area (Å²) in [5, 5.41) is 0. The van der Waals surface area contributed by atoms with Crippen molar-refractivity contribution in [1.82, 2.24) is 0 Å². The lowest BCUT2D eigenvalue weighted by Gasteiger charge is -2.17. The van der Waals surface area contributed by atoms with Crippen molar-refractivity contribution in [2.45, 2.75) is 90.9 Å². The van der Waals surface area contributed by atoms with E-state index in [1.165, 1.54) is 51.4 Å². The van der Waals surface area contributed by atoms with Crippen LogP contribution in [-0.4, -0.2) is 55.9 Å². The van der Waals surface area contributed by atoms with Gasteiger partial charge >= 0.3 is 0 Å². The van der Waals surface area contributed by atoms with Gasteiger partial charge in [0, 0.05) is 35.4 Å². The van der Waals surface area contributed by atoms with Gasteiger partial charge in [0.25, 0.3) is 0 Å². The highest BCUT2D eigenvalue weighted by atomic mass is 16.5. The molecule has 0 atom stereocenters. The van der Waals surface area contributed by atoms with Crippen molar-refractivity contribution in [2.75, 3.05) is 55.9 Å². The average Bonchev–Trinajstić information content (AvgIpc) is 3.18. The summed E-state index contributed by atoms with van der Waals surface area (Å²) in [6.45, 7) is 5.71. The molecular weight excluding hydrogens is 656 g/mol.